The maximum Gasteiger partial charge on any atom is 0.197 e. The molecule has 0 aliphatic rings. The highest BCUT2D eigenvalue weighted by Gasteiger charge is 2.13. The Morgan fingerprint density at radius 1 is 1.50 bits per heavy atom. The summed E-state index contributed by atoms with van der Waals surface area (Å²) in [4.78, 5) is 4.20. The zero-order valence-electron chi connectivity index (χ0n) is 9.90. The number of hydrogen-bond donors (Lipinski definition) is 2. The van der Waals surface area contributed by atoms with E-state index in [-0.39, 0.29) is 5.84 Å². The molecular formula is C10H12N6OS. The number of oxime groups is 1. The lowest BCUT2D eigenvalue weighted by atomic mass is 10.3. The molecule has 18 heavy (non-hydrogen) atoms. The molecule has 0 aliphatic carbocycles. The molecule has 0 radical (unpaired) electrons. The Morgan fingerprint density at radius 3 is 2.89 bits per heavy atom. The second kappa shape index (κ2) is 5.05. The van der Waals surface area contributed by atoms with E-state index in [2.05, 4.69) is 20.3 Å². The fourth-order valence-corrected chi connectivity index (χ4v) is 2.20. The van der Waals surface area contributed by atoms with Gasteiger partial charge in [-0.1, -0.05) is 5.16 Å². The van der Waals surface area contributed by atoms with Gasteiger partial charge in [-0.3, -0.25) is 0 Å². The van der Waals surface area contributed by atoms with E-state index in [1.54, 1.807) is 18.3 Å². The number of nitrogens with two attached hydrogens (primary N) is 1. The summed E-state index contributed by atoms with van der Waals surface area (Å²) in [7, 11) is 1.86. The van der Waals surface area contributed by atoms with Crippen LogP contribution >= 0.6 is 11.8 Å². The molecule has 2 rings (SSSR count). The highest BCUT2D eigenvalue weighted by Crippen LogP contribution is 2.26. The Hall–Kier alpha value is -2.09. The molecule has 0 aromatic carbocycles. The molecule has 0 bridgehead atoms. The smallest absolute Gasteiger partial charge is 0.197 e. The van der Waals surface area contributed by atoms with Crippen molar-refractivity contribution in [2.45, 2.75) is 17.1 Å². The van der Waals surface area contributed by atoms with Crippen molar-refractivity contribution in [3.63, 3.8) is 0 Å². The van der Waals surface area contributed by atoms with Crippen LogP contribution in [-0.4, -0.2) is 30.8 Å². The van der Waals surface area contributed by atoms with E-state index in [4.69, 9.17) is 10.9 Å². The first-order valence-electron chi connectivity index (χ1n) is 5.10. The van der Waals surface area contributed by atoms with Crippen molar-refractivity contribution >= 4 is 17.6 Å². The molecule has 0 saturated carbocycles. The summed E-state index contributed by atoms with van der Waals surface area (Å²) in [6, 6.07) is 3.45. The van der Waals surface area contributed by atoms with Crippen LogP contribution in [0.5, 0.6) is 0 Å². The first-order chi connectivity index (χ1) is 8.63. The fraction of sp³-hybridized carbons (Fsp3) is 0.200. The molecule has 8 heteroatoms. The predicted molar refractivity (Wildman–Crippen MR) is 66.6 cm³/mol. The van der Waals surface area contributed by atoms with Gasteiger partial charge in [0.1, 0.15) is 10.9 Å². The Kier molecular flexibility index (Phi) is 3.47. The zero-order valence-corrected chi connectivity index (χ0v) is 10.7. The number of aryl methyl sites for hydroxylation is 1. The van der Waals surface area contributed by atoms with Gasteiger partial charge in [-0.15, -0.1) is 10.2 Å². The number of nitrogens with zero attached hydrogens (tertiary/aromatic N) is 5. The van der Waals surface area contributed by atoms with E-state index in [9.17, 15) is 0 Å². The minimum atomic E-state index is 0.0180. The van der Waals surface area contributed by atoms with Crippen LogP contribution in [0, 0.1) is 6.92 Å². The largest absolute Gasteiger partial charge is 0.409 e. The molecule has 0 fully saturated rings. The van der Waals surface area contributed by atoms with Gasteiger partial charge >= 0.3 is 0 Å². The minimum absolute atomic E-state index is 0.0180. The van der Waals surface area contributed by atoms with Gasteiger partial charge in [-0.05, 0) is 30.8 Å². The molecule has 3 N–H and O–H groups in total. The number of aromatic nitrogens is 4. The summed E-state index contributed by atoms with van der Waals surface area (Å²) >= 11 is 1.31. The monoisotopic (exact) mass is 264 g/mol. The summed E-state index contributed by atoms with van der Waals surface area (Å²) in [5, 5.41) is 21.0. The summed E-state index contributed by atoms with van der Waals surface area (Å²) < 4.78 is 1.84. The van der Waals surface area contributed by atoms with Crippen LogP contribution in [-0.2, 0) is 7.05 Å². The quantitative estimate of drug-likeness (QED) is 0.367. The molecule has 2 heterocycles. The van der Waals surface area contributed by atoms with Crippen molar-refractivity contribution in [2.24, 2.45) is 17.9 Å². The lowest BCUT2D eigenvalue weighted by Gasteiger charge is -2.05. The van der Waals surface area contributed by atoms with Gasteiger partial charge in [0.2, 0.25) is 0 Å². The number of rotatable bonds is 3. The molecule has 2 aromatic rings. The fourth-order valence-electron chi connectivity index (χ4n) is 1.28. The van der Waals surface area contributed by atoms with E-state index in [1.807, 2.05) is 18.5 Å². The van der Waals surface area contributed by atoms with Crippen LogP contribution in [0.3, 0.4) is 0 Å². The van der Waals surface area contributed by atoms with Crippen molar-refractivity contribution in [3.05, 3.63) is 29.7 Å². The van der Waals surface area contributed by atoms with E-state index in [0.717, 1.165) is 5.82 Å². The summed E-state index contributed by atoms with van der Waals surface area (Å²) in [6.45, 7) is 1.86. The Labute approximate surface area is 108 Å². The standard InChI is InChI=1S/C10H12N6OS/c1-6-13-14-10(16(6)2)18-9-7(8(11)15-17)4-3-5-12-9/h3-5,17H,1-2H3,(H2,11,15). The third-order valence-corrected chi connectivity index (χ3v) is 3.45. The highest BCUT2D eigenvalue weighted by atomic mass is 32.2. The molecule has 94 valence electrons. The minimum Gasteiger partial charge on any atom is -0.409 e. The average Bonchev–Trinajstić information content (AvgIpc) is 2.70. The number of amidine groups is 1. The van der Waals surface area contributed by atoms with Crippen LogP contribution in [0.1, 0.15) is 11.4 Å². The summed E-state index contributed by atoms with van der Waals surface area (Å²) in [5.74, 6) is 0.822. The predicted octanol–water partition coefficient (Wildman–Crippen LogP) is 0.764. The summed E-state index contributed by atoms with van der Waals surface area (Å²) in [6.07, 6.45) is 1.64. The van der Waals surface area contributed by atoms with E-state index < -0.39 is 0 Å². The van der Waals surface area contributed by atoms with Crippen LogP contribution in [0.15, 0.2) is 33.7 Å². The van der Waals surface area contributed by atoms with Crippen molar-refractivity contribution in [1.82, 2.24) is 19.7 Å². The van der Waals surface area contributed by atoms with Crippen LogP contribution in [0.4, 0.5) is 0 Å². The maximum absolute atomic E-state index is 8.73. The molecular weight excluding hydrogens is 252 g/mol. The first kappa shape index (κ1) is 12.4. The van der Waals surface area contributed by atoms with Crippen molar-refractivity contribution in [1.29, 1.82) is 0 Å². The Morgan fingerprint density at radius 2 is 2.28 bits per heavy atom. The van der Waals surface area contributed by atoms with Crippen molar-refractivity contribution in [3.8, 4) is 0 Å². The second-order valence-electron chi connectivity index (χ2n) is 3.53. The molecule has 0 saturated heterocycles. The molecule has 2 aromatic heterocycles. The van der Waals surface area contributed by atoms with E-state index in [0.29, 0.717) is 15.7 Å². The zero-order chi connectivity index (χ0) is 13.1. The molecule has 0 aliphatic heterocycles. The highest BCUT2D eigenvalue weighted by molar-refractivity contribution is 7.99. The van der Waals surface area contributed by atoms with Gasteiger partial charge in [-0.25, -0.2) is 4.98 Å². The summed E-state index contributed by atoms with van der Waals surface area (Å²) in [5.41, 5.74) is 6.16. The van der Waals surface area contributed by atoms with Crippen LogP contribution in [0.2, 0.25) is 0 Å². The van der Waals surface area contributed by atoms with E-state index >= 15 is 0 Å². The second-order valence-corrected chi connectivity index (χ2v) is 4.49. The third kappa shape index (κ3) is 2.28. The normalized spacial score (nSPS) is 11.8. The lowest BCUT2D eigenvalue weighted by molar-refractivity contribution is 0.318. The SMILES string of the molecule is Cc1nnc(Sc2ncccc2C(N)=NO)n1C. The van der Waals surface area contributed by atoms with Gasteiger partial charge in [0, 0.05) is 13.2 Å². The number of hydrogen-bond acceptors (Lipinski definition) is 6. The number of pyridine rings is 1. The first-order valence-corrected chi connectivity index (χ1v) is 5.92. The van der Waals surface area contributed by atoms with Gasteiger partial charge in [0.15, 0.2) is 11.0 Å². The Balaban J connectivity index is 2.38. The van der Waals surface area contributed by atoms with Crippen LogP contribution < -0.4 is 5.73 Å². The van der Waals surface area contributed by atoms with Gasteiger partial charge < -0.3 is 15.5 Å². The molecule has 0 unspecified atom stereocenters. The van der Waals surface area contributed by atoms with Crippen LogP contribution in [0.25, 0.3) is 0 Å². The maximum atomic E-state index is 8.73. The lowest BCUT2D eigenvalue weighted by Crippen LogP contribution is -2.14. The van der Waals surface area contributed by atoms with Crippen molar-refractivity contribution < 1.29 is 5.21 Å². The molecule has 0 amide bonds. The topological polar surface area (TPSA) is 102 Å². The van der Waals surface area contributed by atoms with E-state index in [1.165, 1.54) is 11.8 Å². The average molecular weight is 264 g/mol. The van der Waals surface area contributed by atoms with Gasteiger partial charge in [0.05, 0.1) is 5.56 Å². The Bertz CT molecular complexity index is 594. The van der Waals surface area contributed by atoms with Crippen molar-refractivity contribution in [2.75, 3.05) is 0 Å². The van der Waals surface area contributed by atoms with Gasteiger partial charge in [0.25, 0.3) is 0 Å². The van der Waals surface area contributed by atoms with Gasteiger partial charge in [-0.2, -0.15) is 0 Å². The molecule has 0 spiro atoms. The molecule has 7 nitrogen and oxygen atoms in total. The third-order valence-electron chi connectivity index (χ3n) is 2.40. The molecule has 0 atom stereocenters.